The SMILES string of the molecule is CCNc1nc(N)c(C(=O)N(C)CC(=O)NCCOC)s1. The van der Waals surface area contributed by atoms with Gasteiger partial charge in [-0.15, -0.1) is 0 Å². The minimum absolute atomic E-state index is 0.0452. The van der Waals surface area contributed by atoms with E-state index in [1.807, 2.05) is 6.92 Å². The van der Waals surface area contributed by atoms with Crippen molar-refractivity contribution in [1.82, 2.24) is 15.2 Å². The largest absolute Gasteiger partial charge is 0.383 e. The summed E-state index contributed by atoms with van der Waals surface area (Å²) in [6.45, 7) is 3.41. The van der Waals surface area contributed by atoms with Crippen LogP contribution in [0.3, 0.4) is 0 Å². The van der Waals surface area contributed by atoms with Gasteiger partial charge in [0.05, 0.1) is 13.2 Å². The van der Waals surface area contributed by atoms with Crippen molar-refractivity contribution in [3.8, 4) is 0 Å². The Labute approximate surface area is 127 Å². The summed E-state index contributed by atoms with van der Waals surface area (Å²) in [7, 11) is 3.10. The quantitative estimate of drug-likeness (QED) is 0.582. The molecule has 0 fully saturated rings. The number of carbonyl (C=O) groups excluding carboxylic acids is 2. The van der Waals surface area contributed by atoms with Crippen molar-refractivity contribution in [3.63, 3.8) is 0 Å². The van der Waals surface area contributed by atoms with Gasteiger partial charge in [-0.3, -0.25) is 9.59 Å². The lowest BCUT2D eigenvalue weighted by Crippen LogP contribution is -2.39. The van der Waals surface area contributed by atoms with Crippen LogP contribution in [-0.2, 0) is 9.53 Å². The number of methoxy groups -OCH3 is 1. The van der Waals surface area contributed by atoms with E-state index in [2.05, 4.69) is 15.6 Å². The predicted octanol–water partition coefficient (Wildman–Crippen LogP) is -0.00830. The summed E-state index contributed by atoms with van der Waals surface area (Å²) in [6.07, 6.45) is 0. The van der Waals surface area contributed by atoms with Crippen molar-refractivity contribution in [2.45, 2.75) is 6.92 Å². The molecule has 0 aliphatic heterocycles. The van der Waals surface area contributed by atoms with E-state index in [1.54, 1.807) is 14.2 Å². The second-order valence-electron chi connectivity index (χ2n) is 4.27. The van der Waals surface area contributed by atoms with Gasteiger partial charge in [0.2, 0.25) is 5.91 Å². The highest BCUT2D eigenvalue weighted by atomic mass is 32.1. The van der Waals surface area contributed by atoms with Crippen LogP contribution in [0.25, 0.3) is 0 Å². The van der Waals surface area contributed by atoms with Crippen LogP contribution >= 0.6 is 11.3 Å². The number of hydrogen-bond acceptors (Lipinski definition) is 7. The zero-order valence-electron chi connectivity index (χ0n) is 12.4. The van der Waals surface area contributed by atoms with Crippen LogP contribution in [0.5, 0.6) is 0 Å². The lowest BCUT2D eigenvalue weighted by molar-refractivity contribution is -0.121. The van der Waals surface area contributed by atoms with Gasteiger partial charge < -0.3 is 26.0 Å². The molecule has 21 heavy (non-hydrogen) atoms. The topological polar surface area (TPSA) is 110 Å². The summed E-state index contributed by atoms with van der Waals surface area (Å²) in [5, 5.41) is 6.24. The van der Waals surface area contributed by atoms with Crippen molar-refractivity contribution in [2.75, 3.05) is 51.4 Å². The molecule has 0 atom stereocenters. The number of nitrogen functional groups attached to an aromatic ring is 1. The van der Waals surface area contributed by atoms with Crippen molar-refractivity contribution < 1.29 is 14.3 Å². The summed E-state index contributed by atoms with van der Waals surface area (Å²) in [5.74, 6) is -0.401. The third kappa shape index (κ3) is 5.20. The number of anilines is 2. The van der Waals surface area contributed by atoms with Crippen LogP contribution in [0.15, 0.2) is 0 Å². The highest BCUT2D eigenvalue weighted by Crippen LogP contribution is 2.25. The monoisotopic (exact) mass is 315 g/mol. The number of nitrogens with zero attached hydrogens (tertiary/aromatic N) is 2. The summed E-state index contributed by atoms with van der Waals surface area (Å²) in [5.41, 5.74) is 5.73. The molecule has 1 aromatic heterocycles. The Morgan fingerprint density at radius 3 is 2.81 bits per heavy atom. The number of rotatable bonds is 8. The maximum Gasteiger partial charge on any atom is 0.268 e. The standard InChI is InChI=1S/C12H21N5O3S/c1-4-14-12-16-10(13)9(21-12)11(19)17(2)7-8(18)15-5-6-20-3/h4-7,13H2,1-3H3,(H,14,16)(H,15,18). The van der Waals surface area contributed by atoms with Crippen LogP contribution < -0.4 is 16.4 Å². The molecule has 4 N–H and O–H groups in total. The van der Waals surface area contributed by atoms with Gasteiger partial charge in [-0.2, -0.15) is 0 Å². The first-order valence-electron chi connectivity index (χ1n) is 6.50. The van der Waals surface area contributed by atoms with E-state index in [0.717, 1.165) is 0 Å². The minimum atomic E-state index is -0.323. The first-order chi connectivity index (χ1) is 9.99. The molecule has 118 valence electrons. The number of thiazole rings is 1. The zero-order valence-corrected chi connectivity index (χ0v) is 13.2. The summed E-state index contributed by atoms with van der Waals surface area (Å²) < 4.78 is 4.83. The second-order valence-corrected chi connectivity index (χ2v) is 5.27. The molecule has 2 amide bonds. The number of ether oxygens (including phenoxy) is 1. The summed E-state index contributed by atoms with van der Waals surface area (Å²) >= 11 is 1.18. The van der Waals surface area contributed by atoms with E-state index in [0.29, 0.717) is 29.7 Å². The predicted molar refractivity (Wildman–Crippen MR) is 82.5 cm³/mol. The van der Waals surface area contributed by atoms with Crippen LogP contribution in [0.1, 0.15) is 16.6 Å². The van der Waals surface area contributed by atoms with Crippen molar-refractivity contribution in [1.29, 1.82) is 0 Å². The van der Waals surface area contributed by atoms with Crippen LogP contribution in [0, 0.1) is 0 Å². The van der Waals surface area contributed by atoms with Gasteiger partial charge in [-0.05, 0) is 6.92 Å². The van der Waals surface area contributed by atoms with Gasteiger partial charge in [0.25, 0.3) is 5.91 Å². The van der Waals surface area contributed by atoms with E-state index >= 15 is 0 Å². The second kappa shape index (κ2) is 8.42. The average molecular weight is 315 g/mol. The van der Waals surface area contributed by atoms with Crippen molar-refractivity contribution in [2.24, 2.45) is 0 Å². The van der Waals surface area contributed by atoms with Gasteiger partial charge in [-0.1, -0.05) is 11.3 Å². The lowest BCUT2D eigenvalue weighted by Gasteiger charge is -2.15. The first-order valence-corrected chi connectivity index (χ1v) is 7.32. The maximum atomic E-state index is 12.2. The maximum absolute atomic E-state index is 12.2. The van der Waals surface area contributed by atoms with E-state index in [4.69, 9.17) is 10.5 Å². The van der Waals surface area contributed by atoms with E-state index in [9.17, 15) is 9.59 Å². The molecule has 1 aromatic rings. The van der Waals surface area contributed by atoms with Gasteiger partial charge in [0.1, 0.15) is 10.7 Å². The molecule has 0 saturated carbocycles. The molecule has 0 aliphatic rings. The smallest absolute Gasteiger partial charge is 0.268 e. The number of carbonyl (C=O) groups is 2. The zero-order chi connectivity index (χ0) is 15.8. The lowest BCUT2D eigenvalue weighted by atomic mass is 10.4. The molecular weight excluding hydrogens is 294 g/mol. The number of aromatic nitrogens is 1. The number of nitrogens with one attached hydrogen (secondary N) is 2. The van der Waals surface area contributed by atoms with E-state index < -0.39 is 0 Å². The average Bonchev–Trinajstić information content (AvgIpc) is 2.79. The van der Waals surface area contributed by atoms with Crippen LogP contribution in [0.4, 0.5) is 10.9 Å². The molecule has 1 rings (SSSR count). The van der Waals surface area contributed by atoms with Crippen LogP contribution in [-0.4, -0.2) is 62.1 Å². The fourth-order valence-corrected chi connectivity index (χ4v) is 2.47. The van der Waals surface area contributed by atoms with Gasteiger partial charge >= 0.3 is 0 Å². The number of nitrogens with two attached hydrogens (primary N) is 1. The number of likely N-dealkylation sites (N-methyl/N-ethyl adjacent to an activating group) is 1. The summed E-state index contributed by atoms with van der Waals surface area (Å²) in [4.78, 5) is 29.6. The fraction of sp³-hybridized carbons (Fsp3) is 0.583. The van der Waals surface area contributed by atoms with Gasteiger partial charge in [0, 0.05) is 27.2 Å². The normalized spacial score (nSPS) is 10.2. The highest BCUT2D eigenvalue weighted by Gasteiger charge is 2.21. The Morgan fingerprint density at radius 2 is 2.19 bits per heavy atom. The molecule has 0 bridgehead atoms. The molecular formula is C12H21N5O3S. The summed E-state index contributed by atoms with van der Waals surface area (Å²) in [6, 6.07) is 0. The molecule has 9 heteroatoms. The molecule has 0 aromatic carbocycles. The highest BCUT2D eigenvalue weighted by molar-refractivity contribution is 7.18. The molecule has 1 heterocycles. The Kier molecular flexibility index (Phi) is 6.89. The van der Waals surface area contributed by atoms with Crippen molar-refractivity contribution in [3.05, 3.63) is 4.88 Å². The third-order valence-corrected chi connectivity index (χ3v) is 3.55. The Balaban J connectivity index is 2.59. The van der Waals surface area contributed by atoms with Crippen LogP contribution in [0.2, 0.25) is 0 Å². The molecule has 8 nitrogen and oxygen atoms in total. The number of amides is 2. The van der Waals surface area contributed by atoms with Gasteiger partial charge in [-0.25, -0.2) is 4.98 Å². The molecule has 0 aliphatic carbocycles. The Hall–Kier alpha value is -1.87. The molecule has 0 unspecified atom stereocenters. The Morgan fingerprint density at radius 1 is 1.48 bits per heavy atom. The van der Waals surface area contributed by atoms with E-state index in [-0.39, 0.29) is 24.2 Å². The molecule has 0 spiro atoms. The number of hydrogen-bond donors (Lipinski definition) is 3. The van der Waals surface area contributed by atoms with E-state index in [1.165, 1.54) is 16.2 Å². The minimum Gasteiger partial charge on any atom is -0.383 e. The fourth-order valence-electron chi connectivity index (χ4n) is 1.52. The Bertz CT molecular complexity index is 491. The van der Waals surface area contributed by atoms with Crippen molar-refractivity contribution >= 4 is 34.1 Å². The first kappa shape index (κ1) is 17.2. The van der Waals surface area contributed by atoms with Gasteiger partial charge in [0.15, 0.2) is 5.13 Å². The molecule has 0 saturated heterocycles. The third-order valence-electron chi connectivity index (χ3n) is 2.53. The molecule has 0 radical (unpaired) electrons.